The second-order valence-corrected chi connectivity index (χ2v) is 6.28. The molecule has 7 nitrogen and oxygen atoms in total. The molecule has 0 aromatic carbocycles. The van der Waals surface area contributed by atoms with Crippen molar-refractivity contribution < 1.29 is 9.21 Å². The molecule has 0 aliphatic carbocycles. The van der Waals surface area contributed by atoms with E-state index in [1.807, 2.05) is 13.1 Å². The number of aromatic nitrogens is 1. The Morgan fingerprint density at radius 2 is 2.21 bits per heavy atom. The van der Waals surface area contributed by atoms with Crippen molar-refractivity contribution in [1.29, 1.82) is 0 Å². The van der Waals surface area contributed by atoms with Crippen molar-refractivity contribution in [3.05, 3.63) is 39.7 Å². The van der Waals surface area contributed by atoms with E-state index >= 15 is 0 Å². The van der Waals surface area contributed by atoms with E-state index in [9.17, 15) is 4.79 Å². The summed E-state index contributed by atoms with van der Waals surface area (Å²) in [5, 5.41) is 7.56. The molecule has 24 heavy (non-hydrogen) atoms. The van der Waals surface area contributed by atoms with E-state index in [1.54, 1.807) is 23.5 Å². The number of nitrogens with zero attached hydrogens (tertiary/aromatic N) is 2. The van der Waals surface area contributed by atoms with Gasteiger partial charge < -0.3 is 20.8 Å². The first-order chi connectivity index (χ1) is 11.6. The summed E-state index contributed by atoms with van der Waals surface area (Å²) >= 11 is 1.74. The zero-order chi connectivity index (χ0) is 17.4. The first kappa shape index (κ1) is 18.0. The lowest BCUT2D eigenvalue weighted by Gasteiger charge is -2.10. The predicted molar refractivity (Wildman–Crippen MR) is 95.2 cm³/mol. The predicted octanol–water partition coefficient (Wildman–Crippen LogP) is 1.70. The van der Waals surface area contributed by atoms with Gasteiger partial charge in [0.15, 0.2) is 11.7 Å². The van der Waals surface area contributed by atoms with Crippen LogP contribution in [0.15, 0.2) is 27.7 Å². The SMILES string of the molecule is CCNC(=NCc1ccc(C(N)=O)o1)NCCc1ncc(CC)s1. The lowest BCUT2D eigenvalue weighted by atomic mass is 10.4. The van der Waals surface area contributed by atoms with Crippen LogP contribution in [-0.2, 0) is 19.4 Å². The number of aliphatic imine (C=N–C) groups is 1. The van der Waals surface area contributed by atoms with Gasteiger partial charge in [-0.15, -0.1) is 11.3 Å². The molecule has 0 aliphatic rings. The molecular formula is C16H23N5O2S. The maximum absolute atomic E-state index is 11.0. The molecule has 0 fully saturated rings. The van der Waals surface area contributed by atoms with Crippen molar-refractivity contribution >= 4 is 23.2 Å². The molecule has 2 aromatic heterocycles. The minimum atomic E-state index is -0.579. The molecule has 0 unspecified atom stereocenters. The van der Waals surface area contributed by atoms with Gasteiger partial charge in [-0.25, -0.2) is 9.98 Å². The second kappa shape index (κ2) is 9.07. The monoisotopic (exact) mass is 349 g/mol. The zero-order valence-corrected chi connectivity index (χ0v) is 14.8. The molecule has 0 bridgehead atoms. The van der Waals surface area contributed by atoms with Crippen molar-refractivity contribution in [2.75, 3.05) is 13.1 Å². The van der Waals surface area contributed by atoms with Crippen LogP contribution in [0.25, 0.3) is 0 Å². The van der Waals surface area contributed by atoms with Gasteiger partial charge >= 0.3 is 0 Å². The van der Waals surface area contributed by atoms with Crippen LogP contribution in [0.4, 0.5) is 0 Å². The average Bonchev–Trinajstić information content (AvgIpc) is 3.22. The van der Waals surface area contributed by atoms with Crippen LogP contribution in [0.3, 0.4) is 0 Å². The van der Waals surface area contributed by atoms with E-state index in [2.05, 4.69) is 27.5 Å². The number of nitrogens with two attached hydrogens (primary N) is 1. The third-order valence-corrected chi connectivity index (χ3v) is 4.42. The van der Waals surface area contributed by atoms with E-state index in [0.29, 0.717) is 18.3 Å². The van der Waals surface area contributed by atoms with Crippen molar-refractivity contribution in [3.8, 4) is 0 Å². The van der Waals surface area contributed by atoms with E-state index in [0.717, 1.165) is 30.9 Å². The Balaban J connectivity index is 1.86. The number of primary amides is 1. The number of carbonyl (C=O) groups excluding carboxylic acids is 1. The molecular weight excluding hydrogens is 326 g/mol. The molecule has 130 valence electrons. The largest absolute Gasteiger partial charge is 0.454 e. The second-order valence-electron chi connectivity index (χ2n) is 5.08. The third kappa shape index (κ3) is 5.38. The zero-order valence-electron chi connectivity index (χ0n) is 14.0. The number of furan rings is 1. The number of aryl methyl sites for hydroxylation is 1. The summed E-state index contributed by atoms with van der Waals surface area (Å²) in [5.74, 6) is 0.856. The van der Waals surface area contributed by atoms with Crippen molar-refractivity contribution in [2.24, 2.45) is 10.7 Å². The van der Waals surface area contributed by atoms with Gasteiger partial charge in [0.1, 0.15) is 12.3 Å². The number of thiazole rings is 1. The highest BCUT2D eigenvalue weighted by Crippen LogP contribution is 2.13. The Labute approximate surface area is 145 Å². The summed E-state index contributed by atoms with van der Waals surface area (Å²) in [6, 6.07) is 3.26. The standard InChI is InChI=1S/C16H23N5O2S/c1-3-12-10-20-14(24-12)7-8-19-16(18-4-2)21-9-11-5-6-13(23-11)15(17)22/h5-6,10H,3-4,7-9H2,1-2H3,(H2,17,22)(H2,18,19,21). The normalized spacial score (nSPS) is 11.5. The van der Waals surface area contributed by atoms with E-state index < -0.39 is 5.91 Å². The molecule has 0 saturated carbocycles. The van der Waals surface area contributed by atoms with Gasteiger partial charge in [0.25, 0.3) is 5.91 Å². The molecule has 1 amide bonds. The van der Waals surface area contributed by atoms with Gasteiger partial charge in [0, 0.05) is 30.6 Å². The minimum absolute atomic E-state index is 0.147. The maximum atomic E-state index is 11.0. The van der Waals surface area contributed by atoms with Gasteiger partial charge in [0.05, 0.1) is 5.01 Å². The highest BCUT2D eigenvalue weighted by atomic mass is 32.1. The summed E-state index contributed by atoms with van der Waals surface area (Å²) in [6.45, 7) is 5.97. The number of hydrogen-bond donors (Lipinski definition) is 3. The van der Waals surface area contributed by atoms with E-state index in [1.165, 1.54) is 4.88 Å². The molecule has 0 radical (unpaired) electrons. The number of hydrogen-bond acceptors (Lipinski definition) is 5. The molecule has 0 atom stereocenters. The molecule has 2 heterocycles. The quantitative estimate of drug-likeness (QED) is 0.497. The highest BCUT2D eigenvalue weighted by molar-refractivity contribution is 7.11. The molecule has 2 aromatic rings. The van der Waals surface area contributed by atoms with Gasteiger partial charge in [-0.3, -0.25) is 4.79 Å². The summed E-state index contributed by atoms with van der Waals surface area (Å²) in [5.41, 5.74) is 5.17. The van der Waals surface area contributed by atoms with Crippen LogP contribution in [0.5, 0.6) is 0 Å². The fourth-order valence-electron chi connectivity index (χ4n) is 2.01. The number of guanidine groups is 1. The number of amides is 1. The minimum Gasteiger partial charge on any atom is -0.454 e. The molecule has 0 aliphatic heterocycles. The van der Waals surface area contributed by atoms with Crippen LogP contribution >= 0.6 is 11.3 Å². The first-order valence-electron chi connectivity index (χ1n) is 7.96. The van der Waals surface area contributed by atoms with E-state index in [-0.39, 0.29) is 5.76 Å². The van der Waals surface area contributed by atoms with Crippen LogP contribution < -0.4 is 16.4 Å². The van der Waals surface area contributed by atoms with Crippen LogP contribution in [0, 0.1) is 0 Å². The number of rotatable bonds is 8. The van der Waals surface area contributed by atoms with Gasteiger partial charge in [-0.2, -0.15) is 0 Å². The van der Waals surface area contributed by atoms with E-state index in [4.69, 9.17) is 10.2 Å². The van der Waals surface area contributed by atoms with Crippen molar-refractivity contribution in [1.82, 2.24) is 15.6 Å². The van der Waals surface area contributed by atoms with Gasteiger partial charge in [0.2, 0.25) is 0 Å². The highest BCUT2D eigenvalue weighted by Gasteiger charge is 2.07. The van der Waals surface area contributed by atoms with Crippen molar-refractivity contribution in [3.63, 3.8) is 0 Å². The molecule has 8 heteroatoms. The van der Waals surface area contributed by atoms with Crippen LogP contribution in [0.1, 0.15) is 40.0 Å². The molecule has 4 N–H and O–H groups in total. The lowest BCUT2D eigenvalue weighted by Crippen LogP contribution is -2.38. The van der Waals surface area contributed by atoms with Crippen LogP contribution in [-0.4, -0.2) is 29.9 Å². The Kier molecular flexibility index (Phi) is 6.80. The fourth-order valence-corrected chi connectivity index (χ4v) is 2.87. The Hall–Kier alpha value is -2.35. The maximum Gasteiger partial charge on any atom is 0.284 e. The van der Waals surface area contributed by atoms with Crippen molar-refractivity contribution in [2.45, 2.75) is 33.2 Å². The Morgan fingerprint density at radius 1 is 1.38 bits per heavy atom. The van der Waals surface area contributed by atoms with Crippen LogP contribution in [0.2, 0.25) is 0 Å². The number of nitrogens with one attached hydrogen (secondary N) is 2. The molecule has 0 saturated heterocycles. The summed E-state index contributed by atoms with van der Waals surface area (Å²) < 4.78 is 5.32. The summed E-state index contributed by atoms with van der Waals surface area (Å²) in [4.78, 5) is 21.2. The fraction of sp³-hybridized carbons (Fsp3) is 0.438. The Bertz CT molecular complexity index is 692. The smallest absolute Gasteiger partial charge is 0.284 e. The first-order valence-corrected chi connectivity index (χ1v) is 8.78. The Morgan fingerprint density at radius 3 is 2.83 bits per heavy atom. The summed E-state index contributed by atoms with van der Waals surface area (Å²) in [6.07, 6.45) is 3.81. The van der Waals surface area contributed by atoms with Gasteiger partial charge in [-0.1, -0.05) is 6.92 Å². The topological polar surface area (TPSA) is 106 Å². The average molecular weight is 349 g/mol. The third-order valence-electron chi connectivity index (χ3n) is 3.22. The molecule has 2 rings (SSSR count). The number of carbonyl (C=O) groups is 1. The lowest BCUT2D eigenvalue weighted by molar-refractivity contribution is 0.0972. The van der Waals surface area contributed by atoms with Gasteiger partial charge in [-0.05, 0) is 25.5 Å². The summed E-state index contributed by atoms with van der Waals surface area (Å²) in [7, 11) is 0. The molecule has 0 spiro atoms.